The number of nitrogens with one attached hydrogen (secondary N) is 1. The summed E-state index contributed by atoms with van der Waals surface area (Å²) in [6, 6.07) is 1.33. The Labute approximate surface area is 129 Å². The van der Waals surface area contributed by atoms with Gasteiger partial charge >= 0.3 is 0 Å². The quantitative estimate of drug-likeness (QED) is 0.854. The second kappa shape index (κ2) is 6.60. The number of sulfonamides is 1. The maximum absolute atomic E-state index is 12.3. The zero-order valence-electron chi connectivity index (χ0n) is 11.3. The third kappa shape index (κ3) is 3.85. The summed E-state index contributed by atoms with van der Waals surface area (Å²) in [5, 5.41) is 0.249. The summed E-state index contributed by atoms with van der Waals surface area (Å²) < 4.78 is 27.4. The molecule has 1 aromatic heterocycles. The maximum atomic E-state index is 12.3. The molecule has 2 rings (SSSR count). The van der Waals surface area contributed by atoms with Gasteiger partial charge in [-0.3, -0.25) is 0 Å². The summed E-state index contributed by atoms with van der Waals surface area (Å²) in [6.45, 7) is 2.14. The highest BCUT2D eigenvalue weighted by molar-refractivity contribution is 7.89. The molecule has 1 heterocycles. The lowest BCUT2D eigenvalue weighted by atomic mass is 9.85. The van der Waals surface area contributed by atoms with Gasteiger partial charge in [0.15, 0.2) is 0 Å². The fraction of sp³-hybridized carbons (Fsp3) is 0.615. The Hall–Kier alpha value is -0.360. The lowest BCUT2D eigenvalue weighted by Gasteiger charge is -2.28. The van der Waals surface area contributed by atoms with E-state index in [0.717, 1.165) is 25.7 Å². The molecule has 0 aromatic carbocycles. The molecule has 4 nitrogen and oxygen atoms in total. The summed E-state index contributed by atoms with van der Waals surface area (Å²) >= 11 is 11.5. The van der Waals surface area contributed by atoms with Crippen LogP contribution in [0, 0.1) is 5.92 Å². The first-order chi connectivity index (χ1) is 9.42. The van der Waals surface area contributed by atoms with E-state index >= 15 is 0 Å². The third-order valence-electron chi connectivity index (χ3n) is 3.76. The fourth-order valence-electron chi connectivity index (χ4n) is 2.61. The van der Waals surface area contributed by atoms with Crippen LogP contribution < -0.4 is 4.72 Å². The van der Waals surface area contributed by atoms with Crippen LogP contribution in [0.3, 0.4) is 0 Å². The third-order valence-corrected chi connectivity index (χ3v) is 5.94. The summed E-state index contributed by atoms with van der Waals surface area (Å²) in [7, 11) is -3.59. The molecule has 1 aromatic rings. The zero-order valence-corrected chi connectivity index (χ0v) is 13.6. The van der Waals surface area contributed by atoms with Crippen LogP contribution in [0.5, 0.6) is 0 Å². The zero-order chi connectivity index (χ0) is 14.8. The number of pyridine rings is 1. The van der Waals surface area contributed by atoms with Crippen LogP contribution >= 0.6 is 23.2 Å². The van der Waals surface area contributed by atoms with Gasteiger partial charge in [-0.1, -0.05) is 49.4 Å². The normalized spacial score (nSPS) is 23.8. The molecule has 0 aliphatic heterocycles. The van der Waals surface area contributed by atoms with Crippen LogP contribution in [-0.2, 0) is 10.0 Å². The van der Waals surface area contributed by atoms with Gasteiger partial charge < -0.3 is 0 Å². The van der Waals surface area contributed by atoms with Crippen molar-refractivity contribution >= 4 is 33.2 Å². The number of nitrogens with zero attached hydrogens (tertiary/aromatic N) is 1. The molecule has 7 heteroatoms. The average molecular weight is 337 g/mol. The van der Waals surface area contributed by atoms with Crippen molar-refractivity contribution in [1.82, 2.24) is 9.71 Å². The van der Waals surface area contributed by atoms with Gasteiger partial charge in [0.2, 0.25) is 10.0 Å². The number of hydrogen-bond donors (Lipinski definition) is 1. The van der Waals surface area contributed by atoms with E-state index in [1.165, 1.54) is 18.7 Å². The first-order valence-corrected chi connectivity index (χ1v) is 8.99. The highest BCUT2D eigenvalue weighted by Crippen LogP contribution is 2.28. The molecule has 2 atom stereocenters. The van der Waals surface area contributed by atoms with E-state index in [0.29, 0.717) is 5.92 Å². The predicted molar refractivity (Wildman–Crippen MR) is 80.6 cm³/mol. The van der Waals surface area contributed by atoms with Crippen LogP contribution in [0.4, 0.5) is 0 Å². The Balaban J connectivity index is 2.12. The van der Waals surface area contributed by atoms with Crippen LogP contribution in [-0.4, -0.2) is 19.4 Å². The van der Waals surface area contributed by atoms with Gasteiger partial charge in [-0.15, -0.1) is 0 Å². The topological polar surface area (TPSA) is 59.1 Å². The molecule has 20 heavy (non-hydrogen) atoms. The van der Waals surface area contributed by atoms with E-state index in [1.54, 1.807) is 0 Å². The van der Waals surface area contributed by atoms with Crippen molar-refractivity contribution in [2.45, 2.75) is 50.0 Å². The van der Waals surface area contributed by atoms with Crippen molar-refractivity contribution in [3.63, 3.8) is 0 Å². The minimum absolute atomic E-state index is 0.00634. The molecule has 0 saturated heterocycles. The molecule has 0 bridgehead atoms. The number of aromatic nitrogens is 1. The van der Waals surface area contributed by atoms with Crippen LogP contribution in [0.1, 0.15) is 39.0 Å². The molecule has 0 radical (unpaired) electrons. The lowest BCUT2D eigenvalue weighted by Crippen LogP contribution is -2.38. The Bertz CT molecular complexity index is 578. The molecule has 0 amide bonds. The monoisotopic (exact) mass is 336 g/mol. The average Bonchev–Trinajstić information content (AvgIpc) is 2.41. The van der Waals surface area contributed by atoms with Gasteiger partial charge in [-0.25, -0.2) is 18.1 Å². The standard InChI is InChI=1S/C13H18Cl2N2O2S/c1-2-9-4-3-5-10(6-9)17-20(18,19)11-7-12(14)13(15)16-8-11/h7-10,17H,2-6H2,1H3. The molecule has 1 saturated carbocycles. The first kappa shape index (κ1) is 16.0. The van der Waals surface area contributed by atoms with Crippen molar-refractivity contribution in [3.8, 4) is 0 Å². The van der Waals surface area contributed by atoms with E-state index in [-0.39, 0.29) is 21.1 Å². The molecular weight excluding hydrogens is 319 g/mol. The Morgan fingerprint density at radius 1 is 1.40 bits per heavy atom. The summed E-state index contributed by atoms with van der Waals surface area (Å²) in [6.07, 6.45) is 6.34. The second-order valence-electron chi connectivity index (χ2n) is 5.20. The predicted octanol–water partition coefficient (Wildman–Crippen LogP) is 3.64. The van der Waals surface area contributed by atoms with E-state index < -0.39 is 10.0 Å². The smallest absolute Gasteiger partial charge is 0.242 e. The summed E-state index contributed by atoms with van der Waals surface area (Å²) in [4.78, 5) is 3.84. The van der Waals surface area contributed by atoms with E-state index in [2.05, 4.69) is 16.6 Å². The molecule has 1 aliphatic rings. The van der Waals surface area contributed by atoms with Crippen LogP contribution in [0.25, 0.3) is 0 Å². The molecule has 1 aliphatic carbocycles. The number of rotatable bonds is 4. The highest BCUT2D eigenvalue weighted by atomic mass is 35.5. The molecular formula is C13H18Cl2N2O2S. The first-order valence-electron chi connectivity index (χ1n) is 6.75. The van der Waals surface area contributed by atoms with E-state index in [9.17, 15) is 8.42 Å². The van der Waals surface area contributed by atoms with Crippen molar-refractivity contribution < 1.29 is 8.42 Å². The molecule has 2 unspecified atom stereocenters. The highest BCUT2D eigenvalue weighted by Gasteiger charge is 2.26. The van der Waals surface area contributed by atoms with Crippen molar-refractivity contribution in [2.75, 3.05) is 0 Å². The van der Waals surface area contributed by atoms with Crippen molar-refractivity contribution in [2.24, 2.45) is 5.92 Å². The second-order valence-corrected chi connectivity index (χ2v) is 7.68. The maximum Gasteiger partial charge on any atom is 0.242 e. The van der Waals surface area contributed by atoms with Gasteiger partial charge in [0.05, 0.1) is 5.02 Å². The van der Waals surface area contributed by atoms with Crippen molar-refractivity contribution in [3.05, 3.63) is 22.4 Å². The molecule has 112 valence electrons. The van der Waals surface area contributed by atoms with Gasteiger partial charge in [-0.2, -0.15) is 0 Å². The minimum atomic E-state index is -3.59. The largest absolute Gasteiger partial charge is 0.242 e. The fourth-order valence-corrected chi connectivity index (χ4v) is 4.19. The lowest BCUT2D eigenvalue weighted by molar-refractivity contribution is 0.301. The molecule has 1 fully saturated rings. The number of halogens is 2. The molecule has 1 N–H and O–H groups in total. The van der Waals surface area contributed by atoms with Gasteiger partial charge in [-0.05, 0) is 24.8 Å². The molecule has 0 spiro atoms. The van der Waals surface area contributed by atoms with E-state index in [1.807, 2.05) is 0 Å². The Morgan fingerprint density at radius 2 is 2.15 bits per heavy atom. The summed E-state index contributed by atoms with van der Waals surface area (Å²) in [5.41, 5.74) is 0. The van der Waals surface area contributed by atoms with Crippen LogP contribution in [0.2, 0.25) is 10.2 Å². The van der Waals surface area contributed by atoms with Crippen LogP contribution in [0.15, 0.2) is 17.2 Å². The van der Waals surface area contributed by atoms with E-state index in [4.69, 9.17) is 23.2 Å². The Morgan fingerprint density at radius 3 is 2.80 bits per heavy atom. The van der Waals surface area contributed by atoms with Crippen molar-refractivity contribution in [1.29, 1.82) is 0 Å². The van der Waals surface area contributed by atoms with Gasteiger partial charge in [0, 0.05) is 12.2 Å². The number of hydrogen-bond acceptors (Lipinski definition) is 3. The SMILES string of the molecule is CCC1CCCC(NS(=O)(=O)c2cnc(Cl)c(Cl)c2)C1. The summed E-state index contributed by atoms with van der Waals surface area (Å²) in [5.74, 6) is 0.600. The van der Waals surface area contributed by atoms with Gasteiger partial charge in [0.1, 0.15) is 10.0 Å². The van der Waals surface area contributed by atoms with Gasteiger partial charge in [0.25, 0.3) is 0 Å². The minimum Gasteiger partial charge on any atom is -0.242 e. The Kier molecular flexibility index (Phi) is 5.29.